The van der Waals surface area contributed by atoms with Gasteiger partial charge in [-0.15, -0.1) is 0 Å². The average molecular weight is 434 g/mol. The predicted molar refractivity (Wildman–Crippen MR) is 127 cm³/mol. The molecule has 2 N–H and O–H groups in total. The van der Waals surface area contributed by atoms with Crippen molar-refractivity contribution in [2.24, 2.45) is 11.8 Å². The van der Waals surface area contributed by atoms with Gasteiger partial charge >= 0.3 is 0 Å². The third kappa shape index (κ3) is 4.37. The third-order valence-electron chi connectivity index (χ3n) is 7.41. The number of hydrogen-bond acceptors (Lipinski definition) is 3. The molecular weight excluding hydrogens is 401 g/mol. The number of allylic oxidation sites excluding steroid dienone is 1. The number of hydrogen-bond donors (Lipinski definition) is 2. The molecule has 1 fully saturated rings. The largest absolute Gasteiger partial charge is 0.389 e. The van der Waals surface area contributed by atoms with E-state index in [-0.39, 0.29) is 11.7 Å². The molecular formula is C27H32FN3O. The van der Waals surface area contributed by atoms with Crippen LogP contribution < -0.4 is 0 Å². The van der Waals surface area contributed by atoms with Crippen LogP contribution in [0.5, 0.6) is 0 Å². The first-order valence-corrected chi connectivity index (χ1v) is 11.8. The van der Waals surface area contributed by atoms with Crippen molar-refractivity contribution in [1.82, 2.24) is 14.9 Å². The van der Waals surface area contributed by atoms with Crippen molar-refractivity contribution in [3.8, 4) is 0 Å². The first-order chi connectivity index (χ1) is 15.5. The fourth-order valence-electron chi connectivity index (χ4n) is 5.61. The van der Waals surface area contributed by atoms with Crippen molar-refractivity contribution in [3.05, 3.63) is 71.8 Å². The number of imidazole rings is 1. The zero-order valence-electron chi connectivity index (χ0n) is 18.7. The summed E-state index contributed by atoms with van der Waals surface area (Å²) in [7, 11) is 2.14. The molecule has 6 rings (SSSR count). The van der Waals surface area contributed by atoms with Crippen LogP contribution in [0.25, 0.3) is 16.6 Å². The number of fused-ring (bicyclic) bond motifs is 3. The maximum atomic E-state index is 13.7. The van der Waals surface area contributed by atoms with E-state index in [1.54, 1.807) is 12.1 Å². The number of benzene rings is 2. The summed E-state index contributed by atoms with van der Waals surface area (Å²) in [4.78, 5) is 10.4. The lowest BCUT2D eigenvalue weighted by atomic mass is 9.61. The van der Waals surface area contributed by atoms with Crippen LogP contribution in [-0.2, 0) is 6.42 Å². The summed E-state index contributed by atoms with van der Waals surface area (Å²) in [5.41, 5.74) is 3.67. The molecule has 3 aliphatic carbocycles. The van der Waals surface area contributed by atoms with Gasteiger partial charge in [-0.1, -0.05) is 30.3 Å². The van der Waals surface area contributed by atoms with E-state index in [0.717, 1.165) is 74.0 Å². The third-order valence-corrected chi connectivity index (χ3v) is 7.41. The van der Waals surface area contributed by atoms with Gasteiger partial charge in [0.05, 0.1) is 16.6 Å². The van der Waals surface area contributed by atoms with E-state index in [1.807, 2.05) is 24.3 Å². The van der Waals surface area contributed by atoms with Gasteiger partial charge in [0.1, 0.15) is 11.6 Å². The second-order valence-electron chi connectivity index (χ2n) is 9.68. The average Bonchev–Trinajstić information content (AvgIpc) is 3.21. The number of halogens is 1. The molecule has 5 heteroatoms. The Hall–Kier alpha value is -2.50. The summed E-state index contributed by atoms with van der Waals surface area (Å²) >= 11 is 0. The van der Waals surface area contributed by atoms with Gasteiger partial charge in [-0.3, -0.25) is 0 Å². The number of para-hydroxylation sites is 2. The summed E-state index contributed by atoms with van der Waals surface area (Å²) < 4.78 is 13.7. The predicted octanol–water partition coefficient (Wildman–Crippen LogP) is 5.20. The van der Waals surface area contributed by atoms with Crippen molar-refractivity contribution in [3.63, 3.8) is 0 Å². The normalized spacial score (nSPS) is 24.9. The molecule has 0 amide bonds. The molecule has 1 heterocycles. The molecule has 0 saturated heterocycles. The summed E-state index contributed by atoms with van der Waals surface area (Å²) in [6, 6.07) is 15.0. The molecule has 168 valence electrons. The van der Waals surface area contributed by atoms with E-state index in [2.05, 4.69) is 34.1 Å². The summed E-state index contributed by atoms with van der Waals surface area (Å²) in [5.74, 6) is 1.34. The summed E-state index contributed by atoms with van der Waals surface area (Å²) in [6.07, 6.45) is 7.86. The Morgan fingerprint density at radius 2 is 2.03 bits per heavy atom. The lowest BCUT2D eigenvalue weighted by Crippen LogP contribution is -2.48. The van der Waals surface area contributed by atoms with Crippen LogP contribution in [-0.4, -0.2) is 45.7 Å². The van der Waals surface area contributed by atoms with Gasteiger partial charge < -0.3 is 15.0 Å². The first-order valence-electron chi connectivity index (χ1n) is 11.8. The molecule has 0 spiro atoms. The highest BCUT2D eigenvalue weighted by Gasteiger charge is 2.46. The van der Waals surface area contributed by atoms with Crippen molar-refractivity contribution in [2.45, 2.75) is 44.1 Å². The van der Waals surface area contributed by atoms with Crippen LogP contribution in [0, 0.1) is 17.7 Å². The standard InChI is InChI=1S/C27H32FN3O/c1-31(14-5-10-26-29-24-8-2-3-9-25(24)30-26)15-13-27(32)18-20-11-12-21(27)17-23(20)19-6-4-7-22(28)16-19/h2-4,6-9,16-17,20-21,32H,5,10-15,18H2,1H3,(H,29,30)/t20-,21-,27+/m1/s1. The number of H-pyrrole nitrogens is 1. The van der Waals surface area contributed by atoms with Gasteiger partial charge in [-0.05, 0) is 87.0 Å². The molecule has 0 unspecified atom stereocenters. The summed E-state index contributed by atoms with van der Waals surface area (Å²) in [6.45, 7) is 1.86. The van der Waals surface area contributed by atoms with Crippen LogP contribution in [0.2, 0.25) is 0 Å². The molecule has 0 aliphatic heterocycles. The van der Waals surface area contributed by atoms with E-state index in [1.165, 1.54) is 11.6 Å². The Labute approximate surface area is 189 Å². The Morgan fingerprint density at radius 1 is 1.16 bits per heavy atom. The highest BCUT2D eigenvalue weighted by Crippen LogP contribution is 2.51. The van der Waals surface area contributed by atoms with E-state index < -0.39 is 5.60 Å². The highest BCUT2D eigenvalue weighted by atomic mass is 19.1. The van der Waals surface area contributed by atoms with Crippen LogP contribution in [0.15, 0.2) is 54.6 Å². The minimum Gasteiger partial charge on any atom is -0.389 e. The minimum atomic E-state index is -0.646. The number of aryl methyl sites for hydroxylation is 1. The van der Waals surface area contributed by atoms with E-state index in [9.17, 15) is 9.50 Å². The smallest absolute Gasteiger partial charge is 0.123 e. The molecule has 1 saturated carbocycles. The number of aromatic amines is 1. The SMILES string of the molecule is CN(CCCc1nc2ccccc2[nH]1)CC[C@]1(O)C[C@H]2CC[C@@H]1C=C2c1cccc(F)c1. The zero-order valence-corrected chi connectivity index (χ0v) is 18.7. The molecule has 3 aliphatic rings. The molecule has 1 aromatic heterocycles. The highest BCUT2D eigenvalue weighted by molar-refractivity contribution is 5.74. The van der Waals surface area contributed by atoms with Gasteiger partial charge in [0.25, 0.3) is 0 Å². The van der Waals surface area contributed by atoms with E-state index in [4.69, 9.17) is 0 Å². The Morgan fingerprint density at radius 3 is 2.81 bits per heavy atom. The number of nitrogens with zero attached hydrogens (tertiary/aromatic N) is 2. The topological polar surface area (TPSA) is 52.2 Å². The summed E-state index contributed by atoms with van der Waals surface area (Å²) in [5, 5.41) is 11.5. The van der Waals surface area contributed by atoms with Crippen LogP contribution in [0.1, 0.15) is 43.5 Å². The zero-order chi connectivity index (χ0) is 22.1. The van der Waals surface area contributed by atoms with Crippen LogP contribution in [0.3, 0.4) is 0 Å². The van der Waals surface area contributed by atoms with Crippen molar-refractivity contribution in [2.75, 3.05) is 20.1 Å². The number of nitrogens with one attached hydrogen (secondary N) is 1. The van der Waals surface area contributed by atoms with Crippen LogP contribution >= 0.6 is 0 Å². The number of aliphatic hydroxyl groups is 1. The van der Waals surface area contributed by atoms with E-state index >= 15 is 0 Å². The second kappa shape index (κ2) is 8.80. The Kier molecular flexibility index (Phi) is 5.87. The maximum Gasteiger partial charge on any atom is 0.123 e. The van der Waals surface area contributed by atoms with Crippen LogP contribution in [0.4, 0.5) is 4.39 Å². The molecule has 2 bridgehead atoms. The molecule has 2 aromatic carbocycles. The molecule has 3 aromatic rings. The number of rotatable bonds is 8. The Balaban J connectivity index is 1.14. The van der Waals surface area contributed by atoms with Gasteiger partial charge in [-0.2, -0.15) is 0 Å². The molecule has 4 nitrogen and oxygen atoms in total. The second-order valence-corrected chi connectivity index (χ2v) is 9.68. The molecule has 3 atom stereocenters. The first kappa shape index (κ1) is 21.4. The van der Waals surface area contributed by atoms with Crippen molar-refractivity contribution < 1.29 is 9.50 Å². The van der Waals surface area contributed by atoms with Gasteiger partial charge in [0, 0.05) is 18.9 Å². The quantitative estimate of drug-likeness (QED) is 0.513. The lowest BCUT2D eigenvalue weighted by molar-refractivity contribution is -0.0574. The minimum absolute atomic E-state index is 0.162. The number of aromatic nitrogens is 2. The van der Waals surface area contributed by atoms with Gasteiger partial charge in [0.15, 0.2) is 0 Å². The van der Waals surface area contributed by atoms with Crippen molar-refractivity contribution in [1.29, 1.82) is 0 Å². The fourth-order valence-corrected chi connectivity index (χ4v) is 5.61. The Bertz CT molecular complexity index is 1090. The fraction of sp³-hybridized carbons (Fsp3) is 0.444. The van der Waals surface area contributed by atoms with E-state index in [0.29, 0.717) is 5.92 Å². The van der Waals surface area contributed by atoms with Crippen molar-refractivity contribution >= 4 is 16.6 Å². The lowest BCUT2D eigenvalue weighted by Gasteiger charge is -2.48. The van der Waals surface area contributed by atoms with Gasteiger partial charge in [-0.25, -0.2) is 9.37 Å². The maximum absolute atomic E-state index is 13.7. The molecule has 32 heavy (non-hydrogen) atoms. The monoisotopic (exact) mass is 433 g/mol. The molecule has 0 radical (unpaired) electrons. The van der Waals surface area contributed by atoms with Gasteiger partial charge in [0.2, 0.25) is 0 Å².